The Kier molecular flexibility index (Phi) is 4.37. The Hall–Kier alpha value is -1.49. The molecule has 88 valence electrons. The molecule has 0 aromatic heterocycles. The van der Waals surface area contributed by atoms with Crippen LogP contribution in [0.1, 0.15) is 12.0 Å². The lowest BCUT2D eigenvalue weighted by molar-refractivity contribution is -0.274. The Bertz CT molecular complexity index is 360. The van der Waals surface area contributed by atoms with Crippen molar-refractivity contribution >= 4 is 6.08 Å². The van der Waals surface area contributed by atoms with E-state index in [0.717, 1.165) is 0 Å². The van der Waals surface area contributed by atoms with Gasteiger partial charge in [-0.2, -0.15) is 0 Å². The zero-order chi connectivity index (χ0) is 12.0. The van der Waals surface area contributed by atoms with Crippen LogP contribution in [0.3, 0.4) is 0 Å². The summed E-state index contributed by atoms with van der Waals surface area (Å²) in [6, 6.07) is 5.95. The first kappa shape index (κ1) is 12.6. The molecule has 1 aromatic carbocycles. The summed E-state index contributed by atoms with van der Waals surface area (Å²) in [5.41, 5.74) is 5.65. The molecule has 0 aliphatic rings. The van der Waals surface area contributed by atoms with Crippen molar-refractivity contribution in [2.45, 2.75) is 12.8 Å². The molecule has 0 bridgehead atoms. The highest BCUT2D eigenvalue weighted by Crippen LogP contribution is 2.26. The van der Waals surface area contributed by atoms with Gasteiger partial charge in [0.1, 0.15) is 5.75 Å². The van der Waals surface area contributed by atoms with Crippen LogP contribution < -0.4 is 10.5 Å². The fourth-order valence-corrected chi connectivity index (χ4v) is 1.14. The standard InChI is InChI=1S/C11H12F3NO/c12-11(13,14)16-10-7-2-1-5-9(10)6-3-4-8-15/h1-3,5-7H,4,8,15H2. The number of hydrogen-bond acceptors (Lipinski definition) is 2. The van der Waals surface area contributed by atoms with E-state index in [1.165, 1.54) is 12.1 Å². The van der Waals surface area contributed by atoms with Gasteiger partial charge in [-0.1, -0.05) is 30.4 Å². The average Bonchev–Trinajstić information content (AvgIpc) is 2.19. The molecule has 0 unspecified atom stereocenters. The summed E-state index contributed by atoms with van der Waals surface area (Å²) < 4.78 is 40.0. The van der Waals surface area contributed by atoms with Gasteiger partial charge >= 0.3 is 6.36 Å². The summed E-state index contributed by atoms with van der Waals surface area (Å²) >= 11 is 0. The van der Waals surface area contributed by atoms with E-state index >= 15 is 0 Å². The molecule has 0 saturated carbocycles. The van der Waals surface area contributed by atoms with Gasteiger partial charge in [-0.15, -0.1) is 13.2 Å². The average molecular weight is 231 g/mol. The van der Waals surface area contributed by atoms with E-state index in [0.29, 0.717) is 18.5 Å². The van der Waals surface area contributed by atoms with Crippen molar-refractivity contribution in [2.24, 2.45) is 5.73 Å². The summed E-state index contributed by atoms with van der Waals surface area (Å²) in [5, 5.41) is 0. The van der Waals surface area contributed by atoms with Crippen molar-refractivity contribution in [2.75, 3.05) is 6.54 Å². The number of halogens is 3. The van der Waals surface area contributed by atoms with Crippen molar-refractivity contribution in [3.63, 3.8) is 0 Å². The molecule has 0 spiro atoms. The molecule has 0 fully saturated rings. The van der Waals surface area contributed by atoms with E-state index in [9.17, 15) is 13.2 Å². The highest BCUT2D eigenvalue weighted by atomic mass is 19.4. The molecular formula is C11H12F3NO. The molecule has 0 heterocycles. The van der Waals surface area contributed by atoms with Gasteiger partial charge in [0.2, 0.25) is 0 Å². The molecule has 0 amide bonds. The minimum atomic E-state index is -4.67. The Morgan fingerprint density at radius 3 is 2.56 bits per heavy atom. The van der Waals surface area contributed by atoms with Crippen LogP contribution >= 0.6 is 0 Å². The second kappa shape index (κ2) is 5.55. The number of ether oxygens (including phenoxy) is 1. The quantitative estimate of drug-likeness (QED) is 0.864. The van der Waals surface area contributed by atoms with Gasteiger partial charge < -0.3 is 10.5 Å². The monoisotopic (exact) mass is 231 g/mol. The van der Waals surface area contributed by atoms with Gasteiger partial charge in [-0.3, -0.25) is 0 Å². The molecule has 0 aliphatic carbocycles. The number of rotatable bonds is 4. The predicted octanol–water partition coefficient (Wildman–Crippen LogP) is 2.95. The third-order valence-electron chi connectivity index (χ3n) is 1.78. The molecular weight excluding hydrogens is 219 g/mol. The Morgan fingerprint density at radius 1 is 1.25 bits per heavy atom. The fourth-order valence-electron chi connectivity index (χ4n) is 1.14. The normalized spacial score (nSPS) is 12.0. The van der Waals surface area contributed by atoms with E-state index in [1.54, 1.807) is 24.3 Å². The van der Waals surface area contributed by atoms with Crippen LogP contribution in [0.5, 0.6) is 5.75 Å². The minimum absolute atomic E-state index is 0.205. The van der Waals surface area contributed by atoms with Crippen molar-refractivity contribution < 1.29 is 17.9 Å². The fraction of sp³-hybridized carbons (Fsp3) is 0.273. The van der Waals surface area contributed by atoms with Crippen molar-refractivity contribution in [3.05, 3.63) is 35.9 Å². The summed E-state index contributed by atoms with van der Waals surface area (Å²) in [5.74, 6) is -0.205. The van der Waals surface area contributed by atoms with Crippen LogP contribution in [0.4, 0.5) is 13.2 Å². The van der Waals surface area contributed by atoms with Crippen LogP contribution in [-0.4, -0.2) is 12.9 Å². The zero-order valence-corrected chi connectivity index (χ0v) is 8.50. The third kappa shape index (κ3) is 4.35. The lowest BCUT2D eigenvalue weighted by atomic mass is 10.2. The topological polar surface area (TPSA) is 35.2 Å². The van der Waals surface area contributed by atoms with Gasteiger partial charge in [0.05, 0.1) is 0 Å². The van der Waals surface area contributed by atoms with Gasteiger partial charge in [0, 0.05) is 5.56 Å². The van der Waals surface area contributed by atoms with E-state index in [-0.39, 0.29) is 5.75 Å². The number of alkyl halides is 3. The molecule has 0 saturated heterocycles. The van der Waals surface area contributed by atoms with Crippen LogP contribution in [0.25, 0.3) is 6.08 Å². The first-order valence-electron chi connectivity index (χ1n) is 4.74. The first-order chi connectivity index (χ1) is 7.53. The minimum Gasteiger partial charge on any atom is -0.405 e. The van der Waals surface area contributed by atoms with E-state index in [1.807, 2.05) is 0 Å². The van der Waals surface area contributed by atoms with Crippen molar-refractivity contribution in [1.29, 1.82) is 0 Å². The summed E-state index contributed by atoms with van der Waals surface area (Å²) in [6.45, 7) is 0.457. The number of para-hydroxylation sites is 1. The molecule has 1 aromatic rings. The second-order valence-electron chi connectivity index (χ2n) is 3.07. The van der Waals surface area contributed by atoms with Crippen LogP contribution in [-0.2, 0) is 0 Å². The second-order valence-corrected chi connectivity index (χ2v) is 3.07. The molecule has 16 heavy (non-hydrogen) atoms. The highest BCUT2D eigenvalue weighted by Gasteiger charge is 2.31. The predicted molar refractivity (Wildman–Crippen MR) is 55.8 cm³/mol. The smallest absolute Gasteiger partial charge is 0.405 e. The van der Waals surface area contributed by atoms with E-state index in [4.69, 9.17) is 5.73 Å². The number of benzene rings is 1. The van der Waals surface area contributed by atoms with E-state index in [2.05, 4.69) is 4.74 Å². The Morgan fingerprint density at radius 2 is 1.94 bits per heavy atom. The number of nitrogens with two attached hydrogens (primary N) is 1. The zero-order valence-electron chi connectivity index (χ0n) is 8.50. The van der Waals surface area contributed by atoms with Crippen molar-refractivity contribution in [3.8, 4) is 5.75 Å². The summed E-state index contributed by atoms with van der Waals surface area (Å²) in [7, 11) is 0. The maximum absolute atomic E-state index is 12.0. The van der Waals surface area contributed by atoms with Gasteiger partial charge in [-0.05, 0) is 19.0 Å². The van der Waals surface area contributed by atoms with Gasteiger partial charge in [0.15, 0.2) is 0 Å². The van der Waals surface area contributed by atoms with Crippen LogP contribution in [0.15, 0.2) is 30.3 Å². The largest absolute Gasteiger partial charge is 0.573 e. The van der Waals surface area contributed by atoms with Crippen molar-refractivity contribution in [1.82, 2.24) is 0 Å². The molecule has 0 radical (unpaired) electrons. The first-order valence-corrected chi connectivity index (χ1v) is 4.74. The van der Waals surface area contributed by atoms with Gasteiger partial charge in [0.25, 0.3) is 0 Å². The highest BCUT2D eigenvalue weighted by molar-refractivity contribution is 5.57. The molecule has 2 nitrogen and oxygen atoms in total. The maximum atomic E-state index is 12.0. The SMILES string of the molecule is NCCC=Cc1ccccc1OC(F)(F)F. The number of hydrogen-bond donors (Lipinski definition) is 1. The summed E-state index contributed by atoms with van der Waals surface area (Å²) in [6.07, 6.45) is -0.787. The lowest BCUT2D eigenvalue weighted by Crippen LogP contribution is -2.17. The summed E-state index contributed by atoms with van der Waals surface area (Å²) in [4.78, 5) is 0. The lowest BCUT2D eigenvalue weighted by Gasteiger charge is -2.10. The molecule has 1 rings (SSSR count). The Balaban J connectivity index is 2.83. The third-order valence-corrected chi connectivity index (χ3v) is 1.78. The molecule has 2 N–H and O–H groups in total. The van der Waals surface area contributed by atoms with Crippen LogP contribution in [0, 0.1) is 0 Å². The molecule has 5 heteroatoms. The maximum Gasteiger partial charge on any atom is 0.573 e. The molecule has 0 aliphatic heterocycles. The van der Waals surface area contributed by atoms with Gasteiger partial charge in [-0.25, -0.2) is 0 Å². The van der Waals surface area contributed by atoms with Crippen LogP contribution in [0.2, 0.25) is 0 Å². The Labute approximate surface area is 91.5 Å². The molecule has 0 atom stereocenters. The van der Waals surface area contributed by atoms with E-state index < -0.39 is 6.36 Å².